The number of nitrogens with one attached hydrogen (secondary N) is 1. The van der Waals surface area contributed by atoms with Crippen molar-refractivity contribution in [3.05, 3.63) is 0 Å². The second-order valence-corrected chi connectivity index (χ2v) is 7.80. The summed E-state index contributed by atoms with van der Waals surface area (Å²) in [5, 5.41) is 3.03. The van der Waals surface area contributed by atoms with Gasteiger partial charge in [-0.15, -0.1) is 0 Å². The molecule has 2 rings (SSSR count). The maximum atomic E-state index is 12.4. The lowest BCUT2D eigenvalue weighted by molar-refractivity contribution is -0.125. The van der Waals surface area contributed by atoms with E-state index >= 15 is 0 Å². The quantitative estimate of drug-likeness (QED) is 0.862. The van der Waals surface area contributed by atoms with E-state index in [-0.39, 0.29) is 23.8 Å². The highest BCUT2D eigenvalue weighted by molar-refractivity contribution is 5.81. The van der Waals surface area contributed by atoms with Crippen LogP contribution in [-0.2, 0) is 14.3 Å². The van der Waals surface area contributed by atoms with Gasteiger partial charge >= 0.3 is 6.09 Å². The molecule has 0 aromatic heterocycles. The molecular weight excluding hydrogens is 296 g/mol. The maximum absolute atomic E-state index is 12.4. The molecule has 23 heavy (non-hydrogen) atoms. The van der Waals surface area contributed by atoms with E-state index in [2.05, 4.69) is 5.32 Å². The Labute approximate surface area is 138 Å². The summed E-state index contributed by atoms with van der Waals surface area (Å²) in [5.74, 6) is 0.428. The van der Waals surface area contributed by atoms with Gasteiger partial charge in [-0.3, -0.25) is 4.79 Å². The minimum Gasteiger partial charge on any atom is -0.444 e. The van der Waals surface area contributed by atoms with Crippen LogP contribution in [0.2, 0.25) is 0 Å². The first-order valence-corrected chi connectivity index (χ1v) is 8.59. The Balaban J connectivity index is 1.80. The molecule has 1 unspecified atom stereocenters. The van der Waals surface area contributed by atoms with Crippen molar-refractivity contribution in [3.63, 3.8) is 0 Å². The van der Waals surface area contributed by atoms with Crippen LogP contribution in [0, 0.1) is 17.8 Å². The van der Waals surface area contributed by atoms with Gasteiger partial charge in [-0.1, -0.05) is 6.92 Å². The van der Waals surface area contributed by atoms with Crippen LogP contribution in [-0.4, -0.2) is 55.3 Å². The molecule has 2 aliphatic rings. The van der Waals surface area contributed by atoms with E-state index in [1.165, 1.54) is 0 Å². The Hall–Kier alpha value is -1.30. The van der Waals surface area contributed by atoms with Crippen LogP contribution in [0.25, 0.3) is 0 Å². The first kappa shape index (κ1) is 18.0. The molecule has 132 valence electrons. The number of ether oxygens (including phenoxy) is 2. The summed E-state index contributed by atoms with van der Waals surface area (Å²) in [6.07, 6.45) is 1.83. The zero-order valence-electron chi connectivity index (χ0n) is 14.8. The molecule has 6 nitrogen and oxygen atoms in total. The standard InChI is InChI=1S/C17H30N2O4/c1-12-9-19(16(21)23-17(2,3)4)10-14(12)15(20)18-8-13-6-5-7-22-11-13/h12-14H,5-11H2,1-4H3,(H,18,20)/t12-,13?,14-/m1/s1. The van der Waals surface area contributed by atoms with Gasteiger partial charge in [0.25, 0.3) is 0 Å². The molecule has 2 aliphatic heterocycles. The summed E-state index contributed by atoms with van der Waals surface area (Å²) in [6.45, 7) is 10.8. The number of carbonyl (C=O) groups excluding carboxylic acids is 2. The van der Waals surface area contributed by atoms with Gasteiger partial charge in [0.05, 0.1) is 12.5 Å². The van der Waals surface area contributed by atoms with Crippen molar-refractivity contribution in [2.24, 2.45) is 17.8 Å². The number of nitrogens with zero attached hydrogens (tertiary/aromatic N) is 1. The van der Waals surface area contributed by atoms with Gasteiger partial charge in [0.2, 0.25) is 5.91 Å². The van der Waals surface area contributed by atoms with Crippen LogP contribution in [0.15, 0.2) is 0 Å². The van der Waals surface area contributed by atoms with Crippen LogP contribution >= 0.6 is 0 Å². The number of hydrogen-bond acceptors (Lipinski definition) is 4. The molecule has 1 N–H and O–H groups in total. The summed E-state index contributed by atoms with van der Waals surface area (Å²) >= 11 is 0. The number of likely N-dealkylation sites (tertiary alicyclic amines) is 1. The predicted molar refractivity (Wildman–Crippen MR) is 87.0 cm³/mol. The lowest BCUT2D eigenvalue weighted by Gasteiger charge is -2.24. The number of carbonyl (C=O) groups is 2. The summed E-state index contributed by atoms with van der Waals surface area (Å²) < 4.78 is 10.8. The van der Waals surface area contributed by atoms with Crippen LogP contribution in [0.4, 0.5) is 4.79 Å². The van der Waals surface area contributed by atoms with Crippen molar-refractivity contribution in [1.82, 2.24) is 10.2 Å². The van der Waals surface area contributed by atoms with Crippen molar-refractivity contribution in [3.8, 4) is 0 Å². The second-order valence-electron chi connectivity index (χ2n) is 7.80. The van der Waals surface area contributed by atoms with Gasteiger partial charge in [0, 0.05) is 26.2 Å². The predicted octanol–water partition coefficient (Wildman–Crippen LogP) is 2.03. The van der Waals surface area contributed by atoms with Gasteiger partial charge in [-0.05, 0) is 45.4 Å². The lowest BCUT2D eigenvalue weighted by Crippen LogP contribution is -2.40. The van der Waals surface area contributed by atoms with Crippen molar-refractivity contribution >= 4 is 12.0 Å². The summed E-state index contributed by atoms with van der Waals surface area (Å²) in [7, 11) is 0. The Morgan fingerprint density at radius 1 is 1.30 bits per heavy atom. The minimum absolute atomic E-state index is 0.0362. The Kier molecular flexibility index (Phi) is 5.89. The molecule has 0 aliphatic carbocycles. The van der Waals surface area contributed by atoms with Crippen molar-refractivity contribution < 1.29 is 19.1 Å². The molecular formula is C17H30N2O4. The topological polar surface area (TPSA) is 67.9 Å². The van der Waals surface area contributed by atoms with Gasteiger partial charge in [-0.25, -0.2) is 4.79 Å². The average molecular weight is 326 g/mol. The minimum atomic E-state index is -0.512. The molecule has 3 atom stereocenters. The monoisotopic (exact) mass is 326 g/mol. The number of amides is 2. The van der Waals surface area contributed by atoms with E-state index < -0.39 is 5.60 Å². The van der Waals surface area contributed by atoms with Crippen LogP contribution < -0.4 is 5.32 Å². The molecule has 2 fully saturated rings. The Bertz CT molecular complexity index is 427. The maximum Gasteiger partial charge on any atom is 0.410 e. The second kappa shape index (κ2) is 7.51. The molecule has 0 spiro atoms. The smallest absolute Gasteiger partial charge is 0.410 e. The van der Waals surface area contributed by atoms with Crippen LogP contribution in [0.5, 0.6) is 0 Å². The number of rotatable bonds is 3. The molecule has 0 saturated carbocycles. The zero-order chi connectivity index (χ0) is 17.0. The normalized spacial score (nSPS) is 28.5. The molecule has 2 saturated heterocycles. The third-order valence-electron chi connectivity index (χ3n) is 4.42. The highest BCUT2D eigenvalue weighted by atomic mass is 16.6. The van der Waals surface area contributed by atoms with Crippen LogP contribution in [0.3, 0.4) is 0 Å². The fourth-order valence-corrected chi connectivity index (χ4v) is 3.13. The third-order valence-corrected chi connectivity index (χ3v) is 4.42. The molecule has 0 bridgehead atoms. The van der Waals surface area contributed by atoms with Gasteiger partial charge in [0.1, 0.15) is 5.60 Å². The number of hydrogen-bond donors (Lipinski definition) is 1. The van der Waals surface area contributed by atoms with E-state index in [9.17, 15) is 9.59 Å². The first-order valence-electron chi connectivity index (χ1n) is 8.59. The van der Waals surface area contributed by atoms with Crippen LogP contribution in [0.1, 0.15) is 40.5 Å². The van der Waals surface area contributed by atoms with Gasteiger partial charge in [-0.2, -0.15) is 0 Å². The SMILES string of the molecule is C[C@@H]1CN(C(=O)OC(C)(C)C)C[C@H]1C(=O)NCC1CCCOC1. The van der Waals surface area contributed by atoms with Crippen molar-refractivity contribution in [2.75, 3.05) is 32.8 Å². The third kappa shape index (κ3) is 5.37. The Morgan fingerprint density at radius 3 is 2.65 bits per heavy atom. The molecule has 0 aromatic carbocycles. The lowest BCUT2D eigenvalue weighted by atomic mass is 9.96. The van der Waals surface area contributed by atoms with E-state index in [0.29, 0.717) is 25.6 Å². The fourth-order valence-electron chi connectivity index (χ4n) is 3.13. The van der Waals surface area contributed by atoms with E-state index in [4.69, 9.17) is 9.47 Å². The van der Waals surface area contributed by atoms with E-state index in [0.717, 1.165) is 26.1 Å². The first-order chi connectivity index (χ1) is 10.8. The Morgan fingerprint density at radius 2 is 2.04 bits per heavy atom. The van der Waals surface area contributed by atoms with Gasteiger partial charge < -0.3 is 19.7 Å². The molecule has 0 aromatic rings. The molecule has 0 radical (unpaired) electrons. The zero-order valence-corrected chi connectivity index (χ0v) is 14.8. The van der Waals surface area contributed by atoms with E-state index in [1.807, 2.05) is 27.7 Å². The highest BCUT2D eigenvalue weighted by Crippen LogP contribution is 2.25. The molecule has 2 amide bonds. The van der Waals surface area contributed by atoms with E-state index in [1.54, 1.807) is 4.90 Å². The largest absolute Gasteiger partial charge is 0.444 e. The van der Waals surface area contributed by atoms with Crippen molar-refractivity contribution in [2.45, 2.75) is 46.1 Å². The summed E-state index contributed by atoms with van der Waals surface area (Å²) in [6, 6.07) is 0. The molecule has 6 heteroatoms. The summed E-state index contributed by atoms with van der Waals surface area (Å²) in [4.78, 5) is 26.2. The van der Waals surface area contributed by atoms with Gasteiger partial charge in [0.15, 0.2) is 0 Å². The highest BCUT2D eigenvalue weighted by Gasteiger charge is 2.38. The fraction of sp³-hybridized carbons (Fsp3) is 0.882. The summed E-state index contributed by atoms with van der Waals surface area (Å²) in [5.41, 5.74) is -0.512. The molecule has 2 heterocycles. The average Bonchev–Trinajstić information content (AvgIpc) is 2.86. The van der Waals surface area contributed by atoms with Crippen molar-refractivity contribution in [1.29, 1.82) is 0 Å².